The smallest absolute Gasteiger partial charge is 0.288 e. The van der Waals surface area contributed by atoms with Gasteiger partial charge in [-0.3, -0.25) is 9.69 Å². The van der Waals surface area contributed by atoms with Gasteiger partial charge in [0.1, 0.15) is 17.5 Å². The minimum atomic E-state index is -2.53. The van der Waals surface area contributed by atoms with Crippen molar-refractivity contribution in [2.24, 2.45) is 0 Å². The van der Waals surface area contributed by atoms with Crippen molar-refractivity contribution in [1.29, 1.82) is 0 Å². The van der Waals surface area contributed by atoms with E-state index in [0.717, 1.165) is 0 Å². The number of nitrogens with zero attached hydrogens (tertiary/aromatic N) is 2. The maximum absolute atomic E-state index is 12.7. The molecule has 0 aromatic heterocycles. The highest BCUT2D eigenvalue weighted by molar-refractivity contribution is 7.99. The van der Waals surface area contributed by atoms with Gasteiger partial charge in [-0.25, -0.2) is 0 Å². The maximum atomic E-state index is 12.7. The van der Waals surface area contributed by atoms with E-state index in [-0.39, 0.29) is 12.5 Å². The second-order valence-electron chi connectivity index (χ2n) is 7.00. The number of hydrogen-bond donors (Lipinski definition) is 1. The molecule has 3 rings (SSSR count). The number of halogens is 2. The van der Waals surface area contributed by atoms with Gasteiger partial charge in [0.15, 0.2) is 0 Å². The molecule has 1 saturated heterocycles. The molecule has 138 valence electrons. The van der Waals surface area contributed by atoms with Crippen LogP contribution in [0, 0.1) is 0 Å². The van der Waals surface area contributed by atoms with E-state index in [9.17, 15) is 18.7 Å². The van der Waals surface area contributed by atoms with E-state index in [4.69, 9.17) is 4.74 Å². The summed E-state index contributed by atoms with van der Waals surface area (Å²) in [5.41, 5.74) is -0.311. The van der Waals surface area contributed by atoms with Gasteiger partial charge in [0.05, 0.1) is 12.6 Å². The average Bonchev–Trinajstić information content (AvgIpc) is 2.50. The highest BCUT2D eigenvalue weighted by Crippen LogP contribution is 2.45. The molecule has 5 nitrogen and oxygen atoms in total. The van der Waals surface area contributed by atoms with Gasteiger partial charge in [0.25, 0.3) is 5.76 Å². The lowest BCUT2D eigenvalue weighted by Gasteiger charge is -2.48. The number of ether oxygens (including phenoxy) is 1. The number of aliphatic hydroxyl groups is 1. The summed E-state index contributed by atoms with van der Waals surface area (Å²) in [6.07, 6.45) is -0.959. The predicted molar refractivity (Wildman–Crippen MR) is 91.0 cm³/mol. The number of carbonyl (C=O) groups excluding carboxylic acids is 1. The summed E-state index contributed by atoms with van der Waals surface area (Å²) in [6, 6.07) is 4.20. The number of alkyl halides is 2. The van der Waals surface area contributed by atoms with Gasteiger partial charge in [-0.1, -0.05) is 11.8 Å². The molecule has 2 aliphatic rings. The number of aliphatic hydroxyl groups excluding tert-OH is 1. The second-order valence-corrected chi connectivity index (χ2v) is 8.06. The van der Waals surface area contributed by atoms with Gasteiger partial charge in [-0.15, -0.1) is 0 Å². The van der Waals surface area contributed by atoms with Crippen LogP contribution in [0.25, 0.3) is 0 Å². The van der Waals surface area contributed by atoms with Crippen LogP contribution in [0.15, 0.2) is 23.1 Å². The number of rotatable bonds is 3. The van der Waals surface area contributed by atoms with Gasteiger partial charge in [-0.2, -0.15) is 8.78 Å². The Labute approximate surface area is 149 Å². The van der Waals surface area contributed by atoms with Gasteiger partial charge in [0.2, 0.25) is 5.91 Å². The lowest BCUT2D eigenvalue weighted by molar-refractivity contribution is -0.149. The molecule has 1 aromatic carbocycles. The summed E-state index contributed by atoms with van der Waals surface area (Å²) in [5.74, 6) is -2.10. The molecule has 0 saturated carbocycles. The van der Waals surface area contributed by atoms with Crippen molar-refractivity contribution in [2.45, 2.75) is 42.2 Å². The highest BCUT2D eigenvalue weighted by Gasteiger charge is 2.47. The van der Waals surface area contributed by atoms with E-state index in [0.29, 0.717) is 41.1 Å². The average molecular weight is 372 g/mol. The SMILES string of the molecule is CN1CCN(C2c3cc(SC(F)F)ccc3OC(C)(C)C2O)C(=O)C1. The number of thioether (sulfide) groups is 1. The summed E-state index contributed by atoms with van der Waals surface area (Å²) in [4.78, 5) is 16.5. The quantitative estimate of drug-likeness (QED) is 0.826. The highest BCUT2D eigenvalue weighted by atomic mass is 32.2. The Morgan fingerprint density at radius 2 is 2.08 bits per heavy atom. The zero-order valence-electron chi connectivity index (χ0n) is 14.4. The van der Waals surface area contributed by atoms with Gasteiger partial charge >= 0.3 is 0 Å². The summed E-state index contributed by atoms with van der Waals surface area (Å²) in [5, 5.41) is 10.9. The van der Waals surface area contributed by atoms with Crippen LogP contribution in [-0.2, 0) is 4.79 Å². The van der Waals surface area contributed by atoms with Crippen molar-refractivity contribution < 1.29 is 23.4 Å². The third-order valence-electron chi connectivity index (χ3n) is 4.69. The van der Waals surface area contributed by atoms with Crippen LogP contribution in [-0.4, -0.2) is 65.0 Å². The van der Waals surface area contributed by atoms with Crippen LogP contribution in [0.4, 0.5) is 8.78 Å². The molecule has 0 bridgehead atoms. The zero-order valence-corrected chi connectivity index (χ0v) is 15.2. The Kier molecular flexibility index (Phi) is 4.96. The van der Waals surface area contributed by atoms with Crippen molar-refractivity contribution in [3.63, 3.8) is 0 Å². The molecule has 1 aromatic rings. The molecular formula is C17H22F2N2O3S. The van der Waals surface area contributed by atoms with Crippen molar-refractivity contribution in [3.8, 4) is 5.75 Å². The molecule has 0 aliphatic carbocycles. The van der Waals surface area contributed by atoms with Crippen LogP contribution in [0.1, 0.15) is 25.5 Å². The Bertz CT molecular complexity index is 671. The van der Waals surface area contributed by atoms with Crippen molar-refractivity contribution in [2.75, 3.05) is 26.7 Å². The minimum Gasteiger partial charge on any atom is -0.485 e. The molecule has 2 aliphatic heterocycles. The number of fused-ring (bicyclic) bond motifs is 1. The van der Waals surface area contributed by atoms with Gasteiger partial charge in [-0.05, 0) is 39.1 Å². The first-order chi connectivity index (χ1) is 11.7. The van der Waals surface area contributed by atoms with E-state index < -0.39 is 23.5 Å². The summed E-state index contributed by atoms with van der Waals surface area (Å²) < 4.78 is 31.3. The van der Waals surface area contributed by atoms with Crippen molar-refractivity contribution in [3.05, 3.63) is 23.8 Å². The fraction of sp³-hybridized carbons (Fsp3) is 0.588. The molecule has 2 heterocycles. The third kappa shape index (κ3) is 3.61. The Hall–Kier alpha value is -1.38. The number of piperazine rings is 1. The summed E-state index contributed by atoms with van der Waals surface area (Å²) in [6.45, 7) is 4.95. The summed E-state index contributed by atoms with van der Waals surface area (Å²) >= 11 is 0.440. The lowest BCUT2D eigenvalue weighted by atomic mass is 9.85. The van der Waals surface area contributed by atoms with Crippen LogP contribution >= 0.6 is 11.8 Å². The molecule has 2 atom stereocenters. The van der Waals surface area contributed by atoms with Gasteiger partial charge < -0.3 is 14.7 Å². The van der Waals surface area contributed by atoms with E-state index in [1.54, 1.807) is 36.9 Å². The van der Waals surface area contributed by atoms with Gasteiger partial charge in [0, 0.05) is 23.5 Å². The van der Waals surface area contributed by atoms with E-state index in [2.05, 4.69) is 0 Å². The largest absolute Gasteiger partial charge is 0.485 e. The number of likely N-dealkylation sites (N-methyl/N-ethyl adjacent to an activating group) is 1. The molecule has 25 heavy (non-hydrogen) atoms. The molecule has 1 fully saturated rings. The molecule has 0 radical (unpaired) electrons. The fourth-order valence-electron chi connectivity index (χ4n) is 3.36. The van der Waals surface area contributed by atoms with E-state index in [1.807, 2.05) is 11.9 Å². The minimum absolute atomic E-state index is 0.0895. The molecule has 1 N–H and O–H groups in total. The standard InChI is InChI=1S/C17H22F2N2O3S/c1-17(2)15(23)14(21-7-6-20(3)9-13(21)22)11-8-10(25-16(18)19)4-5-12(11)24-17/h4-5,8,14-16,23H,6-7,9H2,1-3H3. The third-order valence-corrected chi connectivity index (χ3v) is 5.40. The predicted octanol–water partition coefficient (Wildman–Crippen LogP) is 2.35. The monoisotopic (exact) mass is 372 g/mol. The molecule has 8 heteroatoms. The number of amides is 1. The molecule has 1 amide bonds. The second kappa shape index (κ2) is 6.74. The van der Waals surface area contributed by atoms with Crippen molar-refractivity contribution in [1.82, 2.24) is 9.80 Å². The topological polar surface area (TPSA) is 53.0 Å². The number of carbonyl (C=O) groups is 1. The summed E-state index contributed by atoms with van der Waals surface area (Å²) in [7, 11) is 1.87. The Balaban J connectivity index is 2.02. The first-order valence-corrected chi connectivity index (χ1v) is 9.01. The van der Waals surface area contributed by atoms with Crippen LogP contribution in [0.3, 0.4) is 0 Å². The number of hydrogen-bond acceptors (Lipinski definition) is 5. The molecule has 0 spiro atoms. The lowest BCUT2D eigenvalue weighted by Crippen LogP contribution is -2.58. The van der Waals surface area contributed by atoms with Crippen LogP contribution in [0.2, 0.25) is 0 Å². The van der Waals surface area contributed by atoms with E-state index >= 15 is 0 Å². The first kappa shape index (κ1) is 18.4. The first-order valence-electron chi connectivity index (χ1n) is 8.13. The normalized spacial score (nSPS) is 26.5. The van der Waals surface area contributed by atoms with Crippen LogP contribution < -0.4 is 4.74 Å². The Morgan fingerprint density at radius 3 is 2.72 bits per heavy atom. The fourth-order valence-corrected chi connectivity index (χ4v) is 3.90. The van der Waals surface area contributed by atoms with Crippen LogP contribution in [0.5, 0.6) is 5.75 Å². The Morgan fingerprint density at radius 1 is 1.36 bits per heavy atom. The number of benzene rings is 1. The zero-order chi connectivity index (χ0) is 18.4. The molecule has 2 unspecified atom stereocenters. The van der Waals surface area contributed by atoms with Crippen molar-refractivity contribution >= 4 is 17.7 Å². The molecular weight excluding hydrogens is 350 g/mol. The van der Waals surface area contributed by atoms with E-state index in [1.165, 1.54) is 0 Å². The maximum Gasteiger partial charge on any atom is 0.288 e.